The van der Waals surface area contributed by atoms with Crippen LogP contribution in [0.5, 0.6) is 11.5 Å². The van der Waals surface area contributed by atoms with Gasteiger partial charge < -0.3 is 9.47 Å². The van der Waals surface area contributed by atoms with Gasteiger partial charge in [0.2, 0.25) is 10.0 Å². The number of alkyl halides is 2. The van der Waals surface area contributed by atoms with Gasteiger partial charge in [0.25, 0.3) is 0 Å². The number of aryl methyl sites for hydroxylation is 1. The smallest absolute Gasteiger partial charge is 0.387 e. The number of nitrogens with zero attached hydrogens (tertiary/aromatic N) is 1. The molecular weight excluding hydrogens is 364 g/mol. The van der Waals surface area contributed by atoms with Gasteiger partial charge in [-0.15, -0.1) is 0 Å². The van der Waals surface area contributed by atoms with E-state index in [0.717, 1.165) is 5.56 Å². The van der Waals surface area contributed by atoms with Crippen LogP contribution in [0.2, 0.25) is 0 Å². The van der Waals surface area contributed by atoms with Gasteiger partial charge in [-0.25, -0.2) is 12.7 Å². The number of benzene rings is 2. The van der Waals surface area contributed by atoms with E-state index in [9.17, 15) is 17.2 Å². The van der Waals surface area contributed by atoms with E-state index >= 15 is 0 Å². The second kappa shape index (κ2) is 8.95. The Bertz CT molecular complexity index is 813. The van der Waals surface area contributed by atoms with Crippen molar-refractivity contribution < 1.29 is 26.7 Å². The average molecular weight is 385 g/mol. The van der Waals surface area contributed by atoms with Gasteiger partial charge in [0, 0.05) is 13.6 Å². The molecule has 0 bridgehead atoms. The monoisotopic (exact) mass is 385 g/mol. The van der Waals surface area contributed by atoms with Crippen LogP contribution in [-0.2, 0) is 23.0 Å². The Hall–Kier alpha value is -2.19. The molecule has 5 nitrogen and oxygen atoms in total. The number of methoxy groups -OCH3 is 1. The predicted molar refractivity (Wildman–Crippen MR) is 95.0 cm³/mol. The molecule has 0 N–H and O–H groups in total. The van der Waals surface area contributed by atoms with Crippen LogP contribution < -0.4 is 9.47 Å². The molecule has 0 fully saturated rings. The summed E-state index contributed by atoms with van der Waals surface area (Å²) < 4.78 is 60.2. The number of sulfonamides is 1. The Kier molecular flexibility index (Phi) is 6.93. The molecule has 2 rings (SSSR count). The molecule has 0 heterocycles. The van der Waals surface area contributed by atoms with Crippen LogP contribution in [0.3, 0.4) is 0 Å². The molecule has 142 valence electrons. The van der Waals surface area contributed by atoms with Crippen LogP contribution in [0, 0.1) is 0 Å². The van der Waals surface area contributed by atoms with Gasteiger partial charge in [-0.2, -0.15) is 8.78 Å². The molecule has 0 atom stereocenters. The summed E-state index contributed by atoms with van der Waals surface area (Å²) in [7, 11) is -0.650. The summed E-state index contributed by atoms with van der Waals surface area (Å²) in [5.74, 6) is 0.00995. The van der Waals surface area contributed by atoms with Gasteiger partial charge in [-0.05, 0) is 29.7 Å². The summed E-state index contributed by atoms with van der Waals surface area (Å²) >= 11 is 0. The van der Waals surface area contributed by atoms with E-state index in [-0.39, 0.29) is 23.8 Å². The van der Waals surface area contributed by atoms with Crippen molar-refractivity contribution in [1.29, 1.82) is 0 Å². The van der Waals surface area contributed by atoms with Crippen molar-refractivity contribution >= 4 is 10.0 Å². The highest BCUT2D eigenvalue weighted by Gasteiger charge is 2.19. The van der Waals surface area contributed by atoms with Gasteiger partial charge >= 0.3 is 6.61 Å². The molecule has 2 aromatic rings. The lowest BCUT2D eigenvalue weighted by Gasteiger charge is -2.18. The van der Waals surface area contributed by atoms with Crippen LogP contribution in [0.25, 0.3) is 0 Å². The normalized spacial score (nSPS) is 11.8. The Labute approximate surface area is 152 Å². The summed E-state index contributed by atoms with van der Waals surface area (Å²) in [6.07, 6.45) is 0.415. The third-order valence-corrected chi connectivity index (χ3v) is 5.61. The van der Waals surface area contributed by atoms with Crippen molar-refractivity contribution in [2.45, 2.75) is 19.6 Å². The Balaban J connectivity index is 2.04. The number of ether oxygens (including phenoxy) is 2. The quantitative estimate of drug-likeness (QED) is 0.665. The molecule has 0 unspecified atom stereocenters. The van der Waals surface area contributed by atoms with Crippen LogP contribution in [0.1, 0.15) is 11.1 Å². The van der Waals surface area contributed by atoms with E-state index in [1.54, 1.807) is 0 Å². The summed E-state index contributed by atoms with van der Waals surface area (Å²) in [5, 5.41) is 0. The lowest BCUT2D eigenvalue weighted by molar-refractivity contribution is -0.0512. The number of hydrogen-bond acceptors (Lipinski definition) is 4. The van der Waals surface area contributed by atoms with Crippen LogP contribution in [-0.4, -0.2) is 39.2 Å². The second-order valence-corrected chi connectivity index (χ2v) is 7.87. The predicted octanol–water partition coefficient (Wildman–Crippen LogP) is 3.30. The first kappa shape index (κ1) is 20.1. The minimum absolute atomic E-state index is 0.0166. The minimum atomic E-state index is -3.46. The van der Waals surface area contributed by atoms with Crippen molar-refractivity contribution in [3.05, 3.63) is 59.7 Å². The fraction of sp³-hybridized carbons (Fsp3) is 0.333. The first-order valence-corrected chi connectivity index (χ1v) is 9.52. The molecule has 0 spiro atoms. The first-order chi connectivity index (χ1) is 12.3. The Morgan fingerprint density at radius 1 is 1.04 bits per heavy atom. The number of halogens is 2. The maximum absolute atomic E-state index is 12.4. The molecule has 0 radical (unpaired) electrons. The Morgan fingerprint density at radius 2 is 1.73 bits per heavy atom. The van der Waals surface area contributed by atoms with Crippen LogP contribution >= 0.6 is 0 Å². The summed E-state index contributed by atoms with van der Waals surface area (Å²) in [6.45, 7) is -2.86. The fourth-order valence-electron chi connectivity index (χ4n) is 2.41. The summed E-state index contributed by atoms with van der Waals surface area (Å²) in [6, 6.07) is 13.7. The summed E-state index contributed by atoms with van der Waals surface area (Å²) in [5.41, 5.74) is 1.55. The van der Waals surface area contributed by atoms with Crippen LogP contribution in [0.15, 0.2) is 48.5 Å². The van der Waals surface area contributed by atoms with E-state index < -0.39 is 16.6 Å². The van der Waals surface area contributed by atoms with Gasteiger partial charge in [-0.3, -0.25) is 0 Å². The van der Waals surface area contributed by atoms with Gasteiger partial charge in [0.15, 0.2) is 11.5 Å². The van der Waals surface area contributed by atoms with E-state index in [0.29, 0.717) is 12.0 Å². The maximum atomic E-state index is 12.4. The molecule has 0 saturated carbocycles. The zero-order chi connectivity index (χ0) is 19.2. The molecule has 0 aromatic heterocycles. The third-order valence-electron chi connectivity index (χ3n) is 3.82. The second-order valence-electron chi connectivity index (χ2n) is 5.67. The van der Waals surface area contributed by atoms with Crippen molar-refractivity contribution in [2.24, 2.45) is 0 Å². The minimum Gasteiger partial charge on any atom is -0.493 e. The van der Waals surface area contributed by atoms with Gasteiger partial charge in [0.05, 0.1) is 12.9 Å². The van der Waals surface area contributed by atoms with E-state index in [1.807, 2.05) is 30.3 Å². The van der Waals surface area contributed by atoms with Crippen molar-refractivity contribution in [1.82, 2.24) is 4.31 Å². The lowest BCUT2D eigenvalue weighted by Crippen LogP contribution is -2.29. The molecule has 0 saturated heterocycles. The number of rotatable bonds is 9. The molecule has 0 aliphatic heterocycles. The molecule has 0 aliphatic rings. The van der Waals surface area contributed by atoms with Crippen LogP contribution in [0.4, 0.5) is 8.78 Å². The third kappa shape index (κ3) is 5.67. The maximum Gasteiger partial charge on any atom is 0.387 e. The lowest BCUT2D eigenvalue weighted by atomic mass is 10.2. The molecule has 2 aromatic carbocycles. The SMILES string of the molecule is COc1cc(CN(C)S(=O)(=O)CCc2ccccc2)ccc1OC(F)F. The zero-order valence-electron chi connectivity index (χ0n) is 14.6. The highest BCUT2D eigenvalue weighted by molar-refractivity contribution is 7.89. The van der Waals surface area contributed by atoms with E-state index in [1.165, 1.54) is 36.7 Å². The topological polar surface area (TPSA) is 55.8 Å². The summed E-state index contributed by atoms with van der Waals surface area (Å²) in [4.78, 5) is 0. The first-order valence-electron chi connectivity index (χ1n) is 7.91. The highest BCUT2D eigenvalue weighted by Crippen LogP contribution is 2.30. The van der Waals surface area contributed by atoms with E-state index in [4.69, 9.17) is 4.74 Å². The molecule has 8 heteroatoms. The zero-order valence-corrected chi connectivity index (χ0v) is 15.4. The molecule has 0 amide bonds. The van der Waals surface area contributed by atoms with Gasteiger partial charge in [-0.1, -0.05) is 36.4 Å². The standard InChI is InChI=1S/C18H21F2NO4S/c1-21(26(22,23)11-10-14-6-4-3-5-7-14)13-15-8-9-16(25-18(19)20)17(12-15)24-2/h3-9,12,18H,10-11,13H2,1-2H3. The fourth-order valence-corrected chi connectivity index (χ4v) is 3.56. The van der Waals surface area contributed by atoms with Crippen molar-refractivity contribution in [3.63, 3.8) is 0 Å². The van der Waals surface area contributed by atoms with Crippen molar-refractivity contribution in [3.8, 4) is 11.5 Å². The van der Waals surface area contributed by atoms with Crippen molar-refractivity contribution in [2.75, 3.05) is 19.9 Å². The average Bonchev–Trinajstić information content (AvgIpc) is 2.61. The Morgan fingerprint density at radius 3 is 2.35 bits per heavy atom. The molecule has 26 heavy (non-hydrogen) atoms. The number of hydrogen-bond donors (Lipinski definition) is 0. The highest BCUT2D eigenvalue weighted by atomic mass is 32.2. The van der Waals surface area contributed by atoms with E-state index in [2.05, 4.69) is 4.74 Å². The largest absolute Gasteiger partial charge is 0.493 e. The van der Waals surface area contributed by atoms with Gasteiger partial charge in [0.1, 0.15) is 0 Å². The molecular formula is C18H21F2NO4S. The molecule has 0 aliphatic carbocycles.